The summed E-state index contributed by atoms with van der Waals surface area (Å²) >= 11 is 4.91. The third-order valence-electron chi connectivity index (χ3n) is 4.04. The molecule has 1 fully saturated rings. The molecule has 1 saturated carbocycles. The Bertz CT molecular complexity index is 621. The predicted octanol–water partition coefficient (Wildman–Crippen LogP) is 2.49. The van der Waals surface area contributed by atoms with Crippen LogP contribution in [0.5, 0.6) is 0 Å². The highest BCUT2D eigenvalue weighted by Gasteiger charge is 2.20. The lowest BCUT2D eigenvalue weighted by atomic mass is 9.90. The van der Waals surface area contributed by atoms with E-state index < -0.39 is 10.0 Å². The van der Waals surface area contributed by atoms with Gasteiger partial charge in [0, 0.05) is 12.1 Å². The van der Waals surface area contributed by atoms with E-state index in [0.717, 1.165) is 12.8 Å². The van der Waals surface area contributed by atoms with Crippen LogP contribution in [0.3, 0.4) is 0 Å². The standard InChI is InChI=1S/C15H22N2O2S2/c1-11-9-13(15(16)20)7-8-14(11)21(18,19)17-10-12-5-3-2-4-6-12/h7-9,12,17H,2-6,10H2,1H3,(H2,16,20). The Morgan fingerprint density at radius 3 is 2.57 bits per heavy atom. The van der Waals surface area contributed by atoms with Crippen molar-refractivity contribution in [3.8, 4) is 0 Å². The molecule has 0 atom stereocenters. The van der Waals surface area contributed by atoms with Crippen molar-refractivity contribution < 1.29 is 8.42 Å². The SMILES string of the molecule is Cc1cc(C(N)=S)ccc1S(=O)(=O)NCC1CCCCC1. The highest BCUT2D eigenvalue weighted by Crippen LogP contribution is 2.24. The Kier molecular flexibility index (Phi) is 5.35. The third kappa shape index (κ3) is 4.25. The summed E-state index contributed by atoms with van der Waals surface area (Å²) in [4.78, 5) is 0.579. The molecule has 0 radical (unpaired) electrons. The second kappa shape index (κ2) is 6.85. The maximum atomic E-state index is 12.4. The first kappa shape index (κ1) is 16.4. The van der Waals surface area contributed by atoms with Crippen LogP contribution in [0.2, 0.25) is 0 Å². The van der Waals surface area contributed by atoms with Gasteiger partial charge in [-0.1, -0.05) is 37.5 Å². The van der Waals surface area contributed by atoms with E-state index >= 15 is 0 Å². The Morgan fingerprint density at radius 1 is 1.33 bits per heavy atom. The van der Waals surface area contributed by atoms with Crippen molar-refractivity contribution in [2.45, 2.75) is 43.9 Å². The number of sulfonamides is 1. The molecule has 0 spiro atoms. The van der Waals surface area contributed by atoms with E-state index in [2.05, 4.69) is 4.72 Å². The average Bonchev–Trinajstić information content (AvgIpc) is 2.46. The molecule has 4 nitrogen and oxygen atoms in total. The Balaban J connectivity index is 2.10. The largest absolute Gasteiger partial charge is 0.389 e. The van der Waals surface area contributed by atoms with Gasteiger partial charge in [0.2, 0.25) is 10.0 Å². The molecular weight excluding hydrogens is 304 g/mol. The molecule has 0 saturated heterocycles. The lowest BCUT2D eigenvalue weighted by Crippen LogP contribution is -2.30. The normalized spacial score (nSPS) is 16.8. The van der Waals surface area contributed by atoms with Crippen LogP contribution in [0.15, 0.2) is 23.1 Å². The number of benzene rings is 1. The summed E-state index contributed by atoms with van der Waals surface area (Å²) in [6.45, 7) is 2.29. The number of thiocarbonyl (C=S) groups is 1. The van der Waals surface area contributed by atoms with Gasteiger partial charge in [0.25, 0.3) is 0 Å². The minimum atomic E-state index is -3.47. The molecule has 0 aliphatic heterocycles. The highest BCUT2D eigenvalue weighted by molar-refractivity contribution is 7.89. The molecule has 1 aliphatic carbocycles. The summed E-state index contributed by atoms with van der Waals surface area (Å²) in [5, 5.41) is 0. The van der Waals surface area contributed by atoms with Crippen LogP contribution >= 0.6 is 12.2 Å². The molecule has 0 aromatic heterocycles. The molecule has 3 N–H and O–H groups in total. The van der Waals surface area contributed by atoms with Crippen molar-refractivity contribution in [1.82, 2.24) is 4.72 Å². The fraction of sp³-hybridized carbons (Fsp3) is 0.533. The summed E-state index contributed by atoms with van der Waals surface area (Å²) in [5.74, 6) is 0.463. The predicted molar refractivity (Wildman–Crippen MR) is 88.8 cm³/mol. The van der Waals surface area contributed by atoms with Crippen LogP contribution in [0.25, 0.3) is 0 Å². The minimum absolute atomic E-state index is 0.275. The first-order valence-electron chi connectivity index (χ1n) is 7.30. The van der Waals surface area contributed by atoms with Crippen LogP contribution in [0, 0.1) is 12.8 Å². The molecule has 0 unspecified atom stereocenters. The maximum absolute atomic E-state index is 12.4. The summed E-state index contributed by atoms with van der Waals surface area (Å²) in [7, 11) is -3.47. The molecule has 1 aromatic rings. The summed E-state index contributed by atoms with van der Waals surface area (Å²) < 4.78 is 27.5. The lowest BCUT2D eigenvalue weighted by Gasteiger charge is -2.22. The quantitative estimate of drug-likeness (QED) is 0.816. The monoisotopic (exact) mass is 326 g/mol. The molecule has 6 heteroatoms. The van der Waals surface area contributed by atoms with Gasteiger partial charge in [-0.05, 0) is 43.4 Å². The van der Waals surface area contributed by atoms with Crippen molar-refractivity contribution >= 4 is 27.2 Å². The van der Waals surface area contributed by atoms with E-state index in [1.165, 1.54) is 19.3 Å². The van der Waals surface area contributed by atoms with Gasteiger partial charge in [0.1, 0.15) is 4.99 Å². The smallest absolute Gasteiger partial charge is 0.240 e. The van der Waals surface area contributed by atoms with Crippen LogP contribution in [0.1, 0.15) is 43.2 Å². The van der Waals surface area contributed by atoms with Gasteiger partial charge in [0.05, 0.1) is 4.90 Å². The minimum Gasteiger partial charge on any atom is -0.389 e. The topological polar surface area (TPSA) is 72.2 Å². The highest BCUT2D eigenvalue weighted by atomic mass is 32.2. The molecule has 116 valence electrons. The fourth-order valence-corrected chi connectivity index (χ4v) is 4.27. The van der Waals surface area contributed by atoms with Crippen LogP contribution in [0.4, 0.5) is 0 Å². The number of aryl methyl sites for hydroxylation is 1. The second-order valence-electron chi connectivity index (χ2n) is 5.70. The van der Waals surface area contributed by atoms with Gasteiger partial charge >= 0.3 is 0 Å². The zero-order chi connectivity index (χ0) is 15.5. The van der Waals surface area contributed by atoms with E-state index in [9.17, 15) is 8.42 Å². The van der Waals surface area contributed by atoms with E-state index in [-0.39, 0.29) is 4.99 Å². The van der Waals surface area contributed by atoms with E-state index in [0.29, 0.717) is 28.5 Å². The second-order valence-corrected chi connectivity index (χ2v) is 7.88. The Labute approximate surface area is 132 Å². The Morgan fingerprint density at radius 2 is 2.00 bits per heavy atom. The molecule has 0 bridgehead atoms. The summed E-state index contributed by atoms with van der Waals surface area (Å²) in [6, 6.07) is 4.95. The molecular formula is C15H22N2O2S2. The number of hydrogen-bond donors (Lipinski definition) is 2. The van der Waals surface area contributed by atoms with Crippen molar-refractivity contribution in [2.75, 3.05) is 6.54 Å². The van der Waals surface area contributed by atoms with E-state index in [1.807, 2.05) is 0 Å². The Hall–Kier alpha value is -0.980. The van der Waals surface area contributed by atoms with Crippen LogP contribution in [-0.4, -0.2) is 20.0 Å². The number of nitrogens with two attached hydrogens (primary N) is 1. The van der Waals surface area contributed by atoms with Gasteiger partial charge in [0.15, 0.2) is 0 Å². The number of hydrogen-bond acceptors (Lipinski definition) is 3. The molecule has 1 aliphatic rings. The van der Waals surface area contributed by atoms with Crippen molar-refractivity contribution in [3.05, 3.63) is 29.3 Å². The van der Waals surface area contributed by atoms with Crippen molar-refractivity contribution in [2.24, 2.45) is 11.7 Å². The van der Waals surface area contributed by atoms with Crippen molar-refractivity contribution in [3.63, 3.8) is 0 Å². The third-order valence-corrected chi connectivity index (χ3v) is 5.86. The number of rotatable bonds is 5. The van der Waals surface area contributed by atoms with Crippen LogP contribution < -0.4 is 10.5 Å². The summed E-state index contributed by atoms with van der Waals surface area (Å²) in [6.07, 6.45) is 5.90. The molecule has 21 heavy (non-hydrogen) atoms. The van der Waals surface area contributed by atoms with Gasteiger partial charge in [-0.3, -0.25) is 0 Å². The number of nitrogens with one attached hydrogen (secondary N) is 1. The first-order chi connectivity index (χ1) is 9.90. The molecule has 0 amide bonds. The maximum Gasteiger partial charge on any atom is 0.240 e. The molecule has 0 heterocycles. The van der Waals surface area contributed by atoms with Crippen LogP contribution in [-0.2, 0) is 10.0 Å². The lowest BCUT2D eigenvalue weighted by molar-refractivity contribution is 0.357. The molecule has 1 aromatic carbocycles. The van der Waals surface area contributed by atoms with Gasteiger partial charge in [-0.25, -0.2) is 13.1 Å². The average molecular weight is 326 g/mol. The van der Waals surface area contributed by atoms with E-state index in [4.69, 9.17) is 18.0 Å². The van der Waals surface area contributed by atoms with Gasteiger partial charge < -0.3 is 5.73 Å². The first-order valence-corrected chi connectivity index (χ1v) is 9.19. The zero-order valence-electron chi connectivity index (χ0n) is 12.3. The van der Waals surface area contributed by atoms with Gasteiger partial charge in [-0.2, -0.15) is 0 Å². The van der Waals surface area contributed by atoms with Crippen molar-refractivity contribution in [1.29, 1.82) is 0 Å². The summed E-state index contributed by atoms with van der Waals surface area (Å²) in [5.41, 5.74) is 6.92. The zero-order valence-corrected chi connectivity index (χ0v) is 13.9. The van der Waals surface area contributed by atoms with E-state index in [1.54, 1.807) is 25.1 Å². The fourth-order valence-electron chi connectivity index (χ4n) is 2.80. The molecule has 2 rings (SSSR count). The van der Waals surface area contributed by atoms with Gasteiger partial charge in [-0.15, -0.1) is 0 Å².